The number of hydrogen-bond donors (Lipinski definition) is 1. The molecule has 0 radical (unpaired) electrons. The van der Waals surface area contributed by atoms with Crippen molar-refractivity contribution >= 4 is 5.91 Å². The van der Waals surface area contributed by atoms with Crippen LogP contribution < -0.4 is 5.32 Å². The summed E-state index contributed by atoms with van der Waals surface area (Å²) < 4.78 is 0. The molecule has 1 fully saturated rings. The van der Waals surface area contributed by atoms with E-state index in [4.69, 9.17) is 0 Å². The Morgan fingerprint density at radius 3 is 2.62 bits per heavy atom. The van der Waals surface area contributed by atoms with Gasteiger partial charge in [0.15, 0.2) is 0 Å². The zero-order valence-electron chi connectivity index (χ0n) is 9.26. The molecule has 1 atom stereocenters. The maximum absolute atomic E-state index is 11.1. The number of hydrogen-bond acceptors (Lipinski definition) is 2. The van der Waals surface area contributed by atoms with E-state index in [9.17, 15) is 4.79 Å². The third kappa shape index (κ3) is 3.77. The van der Waals surface area contributed by atoms with Crippen molar-refractivity contribution in [3.8, 4) is 0 Å². The van der Waals surface area contributed by atoms with E-state index >= 15 is 0 Å². The van der Waals surface area contributed by atoms with Crippen LogP contribution in [-0.4, -0.2) is 36.5 Å². The molecule has 0 aromatic heterocycles. The highest BCUT2D eigenvalue weighted by molar-refractivity contribution is 5.73. The summed E-state index contributed by atoms with van der Waals surface area (Å²) in [5, 5.41) is 3.28. The molecule has 0 bridgehead atoms. The minimum Gasteiger partial charge on any atom is -0.337 e. The molecule has 13 heavy (non-hydrogen) atoms. The van der Waals surface area contributed by atoms with Gasteiger partial charge in [0, 0.05) is 34.0 Å². The third-order valence-electron chi connectivity index (χ3n) is 2.23. The zero-order valence-corrected chi connectivity index (χ0v) is 9.26. The highest BCUT2D eigenvalue weighted by Gasteiger charge is 2.21. The molecule has 0 aromatic rings. The number of rotatable bonds is 1. The van der Waals surface area contributed by atoms with Crippen LogP contribution in [-0.2, 0) is 4.79 Å². The summed E-state index contributed by atoms with van der Waals surface area (Å²) in [6.45, 7) is 10.5. The highest BCUT2D eigenvalue weighted by atomic mass is 16.2. The second kappa shape index (κ2) is 6.89. The molecule has 1 aliphatic heterocycles. The Bertz CT molecular complexity index is 153. The quantitative estimate of drug-likeness (QED) is 0.676. The highest BCUT2D eigenvalue weighted by Crippen LogP contribution is 2.06. The molecule has 0 spiro atoms. The Morgan fingerprint density at radius 2 is 2.23 bits per heavy atom. The molecular weight excluding hydrogens is 164 g/mol. The molecule has 1 heterocycles. The maximum atomic E-state index is 11.1. The second-order valence-electron chi connectivity index (χ2n) is 2.98. The van der Waals surface area contributed by atoms with Crippen LogP contribution in [0.3, 0.4) is 0 Å². The molecule has 3 nitrogen and oxygen atoms in total. The first-order chi connectivity index (χ1) is 6.25. The summed E-state index contributed by atoms with van der Waals surface area (Å²) in [6.07, 6.45) is 1.05. The lowest BCUT2D eigenvalue weighted by Gasteiger charge is -2.34. The maximum Gasteiger partial charge on any atom is 0.219 e. The van der Waals surface area contributed by atoms with Gasteiger partial charge in [-0.15, -0.1) is 0 Å². The average molecular weight is 188 g/mol. The van der Waals surface area contributed by atoms with Crippen molar-refractivity contribution in [3.63, 3.8) is 0 Å². The van der Waals surface area contributed by atoms with Crippen LogP contribution in [0.5, 0.6) is 0 Å². The monoisotopic (exact) mass is 188 g/mol. The van der Waals surface area contributed by atoms with Crippen molar-refractivity contribution in [2.45, 2.75) is 40.2 Å². The lowest BCUT2D eigenvalue weighted by Crippen LogP contribution is -2.52. The van der Waals surface area contributed by atoms with E-state index in [2.05, 4.69) is 12.2 Å². The minimum absolute atomic E-state index is 0. The molecule has 80 valence electrons. The predicted octanol–water partition coefficient (Wildman–Crippen LogP) is 1.49. The number of piperazine rings is 1. The molecule has 0 saturated carbocycles. The summed E-state index contributed by atoms with van der Waals surface area (Å²) in [5.41, 5.74) is 0. The Kier molecular flexibility index (Phi) is 6.59. The molecule has 1 saturated heterocycles. The number of carbonyl (C=O) groups excluding carboxylic acids is 1. The third-order valence-corrected chi connectivity index (χ3v) is 2.23. The van der Waals surface area contributed by atoms with Crippen LogP contribution in [0.1, 0.15) is 35.5 Å². The van der Waals surface area contributed by atoms with E-state index in [0.29, 0.717) is 6.04 Å². The van der Waals surface area contributed by atoms with Crippen molar-refractivity contribution < 1.29 is 6.22 Å². The Labute approximate surface area is 83.0 Å². The summed E-state index contributed by atoms with van der Waals surface area (Å²) in [7, 11) is 0. The fourth-order valence-electron chi connectivity index (χ4n) is 1.54. The lowest BCUT2D eigenvalue weighted by molar-refractivity contribution is -0.132. The number of carbonyl (C=O) groups is 1. The first kappa shape index (κ1) is 12.4. The van der Waals surface area contributed by atoms with Crippen LogP contribution in [0.4, 0.5) is 0 Å². The smallest absolute Gasteiger partial charge is 0.219 e. The lowest BCUT2D eigenvalue weighted by atomic mass is 10.1. The second-order valence-corrected chi connectivity index (χ2v) is 2.98. The molecule has 1 amide bonds. The molecule has 0 aliphatic carbocycles. The van der Waals surface area contributed by atoms with Gasteiger partial charge in [0.1, 0.15) is 0 Å². The van der Waals surface area contributed by atoms with Gasteiger partial charge in [-0.2, -0.15) is 0 Å². The van der Waals surface area contributed by atoms with Gasteiger partial charge in [-0.1, -0.05) is 20.8 Å². The van der Waals surface area contributed by atoms with Crippen molar-refractivity contribution in [3.05, 3.63) is 0 Å². The molecular formula is C10H24N2O. The van der Waals surface area contributed by atoms with Gasteiger partial charge in [0.2, 0.25) is 5.91 Å². The largest absolute Gasteiger partial charge is 0.337 e. The predicted molar refractivity (Wildman–Crippen MR) is 57.8 cm³/mol. The van der Waals surface area contributed by atoms with Gasteiger partial charge in [-0.25, -0.2) is 0 Å². The van der Waals surface area contributed by atoms with Crippen LogP contribution in [0.2, 0.25) is 0 Å². The van der Waals surface area contributed by atoms with E-state index < -0.39 is 0 Å². The van der Waals surface area contributed by atoms with E-state index in [1.54, 1.807) is 6.92 Å². The Hall–Kier alpha value is -0.570. The van der Waals surface area contributed by atoms with Gasteiger partial charge in [-0.3, -0.25) is 4.79 Å². The molecule has 0 aromatic carbocycles. The molecule has 1 rings (SSSR count). The van der Waals surface area contributed by atoms with Crippen molar-refractivity contribution in [2.75, 3.05) is 19.6 Å². The summed E-state index contributed by atoms with van der Waals surface area (Å²) >= 11 is 0. The summed E-state index contributed by atoms with van der Waals surface area (Å²) in [4.78, 5) is 13.0. The molecule has 1 N–H and O–H groups in total. The Morgan fingerprint density at radius 1 is 1.62 bits per heavy atom. The standard InChI is InChI=1S/C8H16N2O.C2H6.H2/c1-3-8-6-9-4-5-10(8)7(2)11;1-2;/h8-9H,3-6H2,1-2H3;1-2H3;1H. The van der Waals surface area contributed by atoms with E-state index in [1.807, 2.05) is 18.7 Å². The fourth-order valence-corrected chi connectivity index (χ4v) is 1.54. The van der Waals surface area contributed by atoms with Crippen molar-refractivity contribution in [1.82, 2.24) is 10.2 Å². The number of nitrogens with zero attached hydrogens (tertiary/aromatic N) is 1. The van der Waals surface area contributed by atoms with E-state index in [-0.39, 0.29) is 7.33 Å². The number of amides is 1. The zero-order chi connectivity index (χ0) is 10.3. The topological polar surface area (TPSA) is 32.3 Å². The Balaban J connectivity index is 0. The van der Waals surface area contributed by atoms with Gasteiger partial charge in [0.25, 0.3) is 0 Å². The first-order valence-corrected chi connectivity index (χ1v) is 5.23. The van der Waals surface area contributed by atoms with Gasteiger partial charge >= 0.3 is 0 Å². The summed E-state index contributed by atoms with van der Waals surface area (Å²) in [5.74, 6) is 0.207. The molecule has 3 heteroatoms. The first-order valence-electron chi connectivity index (χ1n) is 5.23. The van der Waals surface area contributed by atoms with Gasteiger partial charge in [0.05, 0.1) is 0 Å². The summed E-state index contributed by atoms with van der Waals surface area (Å²) in [6, 6.07) is 0.418. The average Bonchev–Trinajstić information content (AvgIpc) is 2.20. The van der Waals surface area contributed by atoms with Crippen LogP contribution in [0.25, 0.3) is 0 Å². The van der Waals surface area contributed by atoms with Crippen molar-refractivity contribution in [1.29, 1.82) is 0 Å². The van der Waals surface area contributed by atoms with Gasteiger partial charge in [-0.05, 0) is 6.42 Å². The fraction of sp³-hybridized carbons (Fsp3) is 0.900. The van der Waals surface area contributed by atoms with Gasteiger partial charge < -0.3 is 10.2 Å². The van der Waals surface area contributed by atoms with E-state index in [0.717, 1.165) is 26.1 Å². The molecule has 1 unspecified atom stereocenters. The number of nitrogens with one attached hydrogen (secondary N) is 1. The van der Waals surface area contributed by atoms with E-state index in [1.165, 1.54) is 0 Å². The normalized spacial score (nSPS) is 21.8. The SMILES string of the molecule is CC.CCC1CNCCN1C(C)=O.[HH]. The van der Waals surface area contributed by atoms with Crippen LogP contribution in [0, 0.1) is 0 Å². The van der Waals surface area contributed by atoms with Crippen LogP contribution in [0.15, 0.2) is 0 Å². The van der Waals surface area contributed by atoms with Crippen LogP contribution >= 0.6 is 0 Å². The van der Waals surface area contributed by atoms with Crippen molar-refractivity contribution in [2.24, 2.45) is 0 Å². The molecule has 1 aliphatic rings. The minimum atomic E-state index is 0.